The summed E-state index contributed by atoms with van der Waals surface area (Å²) in [5.41, 5.74) is -0.505. The summed E-state index contributed by atoms with van der Waals surface area (Å²) >= 11 is 0. The van der Waals surface area contributed by atoms with E-state index in [1.54, 1.807) is 0 Å². The van der Waals surface area contributed by atoms with Crippen molar-refractivity contribution in [2.24, 2.45) is 0 Å². The Morgan fingerprint density at radius 1 is 1.28 bits per heavy atom. The third-order valence-corrected chi connectivity index (χ3v) is 3.99. The first-order valence-electron chi connectivity index (χ1n) is 7.99. The summed E-state index contributed by atoms with van der Waals surface area (Å²) < 4.78 is 11.3. The Balaban J connectivity index is 1.65. The summed E-state index contributed by atoms with van der Waals surface area (Å²) in [5, 5.41) is 2.80. The number of aromatic nitrogens is 2. The first-order valence-corrected chi connectivity index (χ1v) is 7.99. The number of rotatable bonds is 5. The van der Waals surface area contributed by atoms with Crippen molar-refractivity contribution in [3.63, 3.8) is 0 Å². The standard InChI is InChI=1S/C17H19N3O5/c21-15(12-8-18-17(23)20-16(12)22)19-13-6-7-24-10-14(13)25-9-11-4-2-1-3-5-11/h1-5,8,13-14H,6-7,9-10H2,(H,19,21)(H2,18,20,22,23)/t13-,14-/m1/s1. The molecule has 1 aliphatic rings. The number of aromatic amines is 2. The molecule has 1 aliphatic heterocycles. The summed E-state index contributed by atoms with van der Waals surface area (Å²) in [6.07, 6.45) is 1.36. The summed E-state index contributed by atoms with van der Waals surface area (Å²) in [6, 6.07) is 9.41. The highest BCUT2D eigenvalue weighted by Gasteiger charge is 2.29. The van der Waals surface area contributed by atoms with Crippen molar-refractivity contribution in [2.45, 2.75) is 25.2 Å². The molecule has 1 saturated heterocycles. The van der Waals surface area contributed by atoms with Crippen LogP contribution in [0, 0.1) is 0 Å². The van der Waals surface area contributed by atoms with E-state index in [0.29, 0.717) is 26.2 Å². The number of hydrogen-bond acceptors (Lipinski definition) is 5. The second kappa shape index (κ2) is 7.91. The van der Waals surface area contributed by atoms with E-state index in [1.807, 2.05) is 35.3 Å². The summed E-state index contributed by atoms with van der Waals surface area (Å²) in [5.74, 6) is -0.558. The van der Waals surface area contributed by atoms with Crippen LogP contribution in [0.4, 0.5) is 0 Å². The number of carbonyl (C=O) groups excluding carboxylic acids is 1. The molecule has 2 heterocycles. The molecule has 0 aliphatic carbocycles. The van der Waals surface area contributed by atoms with Gasteiger partial charge in [-0.15, -0.1) is 0 Å². The molecule has 3 N–H and O–H groups in total. The molecule has 1 aromatic carbocycles. The van der Waals surface area contributed by atoms with E-state index in [9.17, 15) is 14.4 Å². The van der Waals surface area contributed by atoms with Gasteiger partial charge in [0.1, 0.15) is 11.7 Å². The van der Waals surface area contributed by atoms with E-state index >= 15 is 0 Å². The van der Waals surface area contributed by atoms with E-state index in [1.165, 1.54) is 0 Å². The van der Waals surface area contributed by atoms with Gasteiger partial charge in [0.2, 0.25) is 0 Å². The quantitative estimate of drug-likeness (QED) is 0.715. The van der Waals surface area contributed by atoms with Crippen LogP contribution in [0.1, 0.15) is 22.3 Å². The molecule has 0 spiro atoms. The normalized spacial score (nSPS) is 20.2. The van der Waals surface area contributed by atoms with Gasteiger partial charge in [-0.1, -0.05) is 30.3 Å². The van der Waals surface area contributed by atoms with Gasteiger partial charge in [-0.3, -0.25) is 14.6 Å². The molecule has 0 bridgehead atoms. The van der Waals surface area contributed by atoms with Gasteiger partial charge in [0.15, 0.2) is 0 Å². The van der Waals surface area contributed by atoms with Crippen LogP contribution in [0.2, 0.25) is 0 Å². The monoisotopic (exact) mass is 345 g/mol. The Bertz CT molecular complexity index is 830. The number of ether oxygens (including phenoxy) is 2. The van der Waals surface area contributed by atoms with Crippen LogP contribution in [-0.2, 0) is 16.1 Å². The van der Waals surface area contributed by atoms with Gasteiger partial charge in [0, 0.05) is 12.8 Å². The molecule has 132 valence electrons. The van der Waals surface area contributed by atoms with Gasteiger partial charge in [-0.05, 0) is 12.0 Å². The average molecular weight is 345 g/mol. The van der Waals surface area contributed by atoms with Crippen molar-refractivity contribution in [1.82, 2.24) is 15.3 Å². The lowest BCUT2D eigenvalue weighted by Crippen LogP contribution is -2.50. The molecule has 0 radical (unpaired) electrons. The SMILES string of the molecule is O=C(N[C@@H]1CCOC[C@H]1OCc1ccccc1)c1c[nH]c(=O)[nH]c1=O. The third kappa shape index (κ3) is 4.43. The second-order valence-electron chi connectivity index (χ2n) is 5.76. The molecule has 1 amide bonds. The highest BCUT2D eigenvalue weighted by molar-refractivity contribution is 5.93. The van der Waals surface area contributed by atoms with Crippen LogP contribution in [0.3, 0.4) is 0 Å². The maximum atomic E-state index is 12.3. The van der Waals surface area contributed by atoms with Crippen LogP contribution < -0.4 is 16.6 Å². The van der Waals surface area contributed by atoms with Crippen LogP contribution in [0.25, 0.3) is 0 Å². The van der Waals surface area contributed by atoms with Gasteiger partial charge in [-0.2, -0.15) is 0 Å². The third-order valence-electron chi connectivity index (χ3n) is 3.99. The molecule has 2 atom stereocenters. The number of carbonyl (C=O) groups is 1. The minimum Gasteiger partial charge on any atom is -0.379 e. The fraction of sp³-hybridized carbons (Fsp3) is 0.353. The van der Waals surface area contributed by atoms with Crippen molar-refractivity contribution in [3.05, 3.63) is 68.5 Å². The van der Waals surface area contributed by atoms with Gasteiger partial charge in [0.25, 0.3) is 11.5 Å². The van der Waals surface area contributed by atoms with Crippen LogP contribution in [0.5, 0.6) is 0 Å². The van der Waals surface area contributed by atoms with Gasteiger partial charge >= 0.3 is 5.69 Å². The molecule has 1 aromatic heterocycles. The van der Waals surface area contributed by atoms with E-state index in [2.05, 4.69) is 10.3 Å². The highest BCUT2D eigenvalue weighted by atomic mass is 16.5. The van der Waals surface area contributed by atoms with Crippen LogP contribution in [-0.4, -0.2) is 41.2 Å². The minimum absolute atomic E-state index is 0.145. The second-order valence-corrected chi connectivity index (χ2v) is 5.76. The number of benzene rings is 1. The lowest BCUT2D eigenvalue weighted by molar-refractivity contribution is -0.0736. The van der Waals surface area contributed by atoms with Crippen molar-refractivity contribution in [3.8, 4) is 0 Å². The maximum Gasteiger partial charge on any atom is 0.325 e. The van der Waals surface area contributed by atoms with E-state index in [0.717, 1.165) is 11.8 Å². The zero-order valence-electron chi connectivity index (χ0n) is 13.5. The molecule has 8 heteroatoms. The molecular formula is C17H19N3O5. The van der Waals surface area contributed by atoms with Crippen molar-refractivity contribution < 1.29 is 14.3 Å². The Morgan fingerprint density at radius 2 is 2.08 bits per heavy atom. The molecule has 8 nitrogen and oxygen atoms in total. The number of hydrogen-bond donors (Lipinski definition) is 3. The summed E-state index contributed by atoms with van der Waals surface area (Å²) in [6.45, 7) is 1.26. The molecule has 25 heavy (non-hydrogen) atoms. The van der Waals surface area contributed by atoms with Crippen LogP contribution >= 0.6 is 0 Å². The summed E-state index contributed by atoms with van der Waals surface area (Å²) in [4.78, 5) is 39.4. The lowest BCUT2D eigenvalue weighted by Gasteiger charge is -2.32. The molecular weight excluding hydrogens is 326 g/mol. The highest BCUT2D eigenvalue weighted by Crippen LogP contribution is 2.14. The van der Waals surface area contributed by atoms with Crippen molar-refractivity contribution in [1.29, 1.82) is 0 Å². The minimum atomic E-state index is -0.727. The van der Waals surface area contributed by atoms with E-state index in [4.69, 9.17) is 9.47 Å². The van der Waals surface area contributed by atoms with Gasteiger partial charge < -0.3 is 19.8 Å². The smallest absolute Gasteiger partial charge is 0.325 e. The number of nitrogens with one attached hydrogen (secondary N) is 3. The van der Waals surface area contributed by atoms with Gasteiger partial charge in [0.05, 0.1) is 19.3 Å². The molecule has 2 aromatic rings. The Kier molecular flexibility index (Phi) is 5.42. The zero-order chi connectivity index (χ0) is 17.6. The van der Waals surface area contributed by atoms with E-state index in [-0.39, 0.29) is 17.7 Å². The molecule has 1 fully saturated rings. The number of amides is 1. The predicted molar refractivity (Wildman–Crippen MR) is 89.4 cm³/mol. The molecule has 0 unspecified atom stereocenters. The Morgan fingerprint density at radius 3 is 2.84 bits per heavy atom. The van der Waals surface area contributed by atoms with Gasteiger partial charge in [-0.25, -0.2) is 4.79 Å². The van der Waals surface area contributed by atoms with Crippen molar-refractivity contribution >= 4 is 5.91 Å². The topological polar surface area (TPSA) is 113 Å². The largest absolute Gasteiger partial charge is 0.379 e. The summed E-state index contributed by atoms with van der Waals surface area (Å²) in [7, 11) is 0. The maximum absolute atomic E-state index is 12.3. The molecule has 0 saturated carbocycles. The number of H-pyrrole nitrogens is 2. The lowest BCUT2D eigenvalue weighted by atomic mass is 10.1. The fourth-order valence-electron chi connectivity index (χ4n) is 2.64. The first-order chi connectivity index (χ1) is 12.1. The first kappa shape index (κ1) is 17.1. The predicted octanol–water partition coefficient (Wildman–Crippen LogP) is 0.167. The molecule has 3 rings (SSSR count). The average Bonchev–Trinajstić information content (AvgIpc) is 2.61. The fourth-order valence-corrected chi connectivity index (χ4v) is 2.64. The zero-order valence-corrected chi connectivity index (χ0v) is 13.5. The Labute approximate surface area is 143 Å². The van der Waals surface area contributed by atoms with E-state index < -0.39 is 17.2 Å². The van der Waals surface area contributed by atoms with Crippen molar-refractivity contribution in [2.75, 3.05) is 13.2 Å². The Hall–Kier alpha value is -2.71. The van der Waals surface area contributed by atoms with Crippen LogP contribution in [0.15, 0.2) is 46.1 Å².